The summed E-state index contributed by atoms with van der Waals surface area (Å²) in [6, 6.07) is 3.00. The van der Waals surface area contributed by atoms with E-state index >= 15 is 0 Å². The van der Waals surface area contributed by atoms with E-state index in [0.29, 0.717) is 13.1 Å². The molecule has 2 heterocycles. The summed E-state index contributed by atoms with van der Waals surface area (Å²) in [5.41, 5.74) is 0.208. The lowest BCUT2D eigenvalue weighted by Gasteiger charge is -2.59. The van der Waals surface area contributed by atoms with E-state index in [1.165, 1.54) is 55.0 Å². The second-order valence-electron chi connectivity index (χ2n) is 10.1. The van der Waals surface area contributed by atoms with Crippen molar-refractivity contribution in [1.82, 2.24) is 9.62 Å². The molecule has 160 valence electrons. The number of sulfonamides is 1. The lowest BCUT2D eigenvalue weighted by atomic mass is 9.48. The molecule has 29 heavy (non-hydrogen) atoms. The van der Waals surface area contributed by atoms with Crippen molar-refractivity contribution in [2.24, 2.45) is 23.2 Å². The zero-order chi connectivity index (χ0) is 20.2. The van der Waals surface area contributed by atoms with E-state index in [9.17, 15) is 13.2 Å². The number of nitrogens with zero attached hydrogens (tertiary/aromatic N) is 1. The quantitative estimate of drug-likeness (QED) is 0.786. The average molecular weight is 421 g/mol. The van der Waals surface area contributed by atoms with Crippen LogP contribution >= 0.6 is 0 Å². The predicted octanol–water partition coefficient (Wildman–Crippen LogP) is 3.79. The standard InChI is InChI=1S/C22H32N2O4S/c1-15(22-12-16-9-17(13-22)11-18(10-16)14-22)23-21(25)19-5-6-20(28-19)29(26,27)24-7-3-2-4-8-24/h5-6,15-18H,2-4,7-14H2,1H3,(H,23,25). The third kappa shape index (κ3) is 3.44. The molecule has 1 unspecified atom stereocenters. The number of rotatable bonds is 5. The number of hydrogen-bond donors (Lipinski definition) is 1. The van der Waals surface area contributed by atoms with Gasteiger partial charge in [0.05, 0.1) is 0 Å². The highest BCUT2D eigenvalue weighted by atomic mass is 32.2. The highest BCUT2D eigenvalue weighted by Crippen LogP contribution is 2.61. The third-order valence-corrected chi connectivity index (χ3v) is 9.84. The Labute approximate surface area is 173 Å². The lowest BCUT2D eigenvalue weighted by Crippen LogP contribution is -2.55. The summed E-state index contributed by atoms with van der Waals surface area (Å²) in [4.78, 5) is 12.9. The van der Waals surface area contributed by atoms with Gasteiger partial charge in [-0.1, -0.05) is 6.42 Å². The smallest absolute Gasteiger partial charge is 0.287 e. The molecular formula is C22H32N2O4S. The molecule has 6 nitrogen and oxygen atoms in total. The van der Waals surface area contributed by atoms with Gasteiger partial charge in [0, 0.05) is 19.1 Å². The van der Waals surface area contributed by atoms with Crippen LogP contribution in [-0.2, 0) is 10.0 Å². The number of carbonyl (C=O) groups excluding carboxylic acids is 1. The zero-order valence-corrected chi connectivity index (χ0v) is 18.0. The van der Waals surface area contributed by atoms with Crippen LogP contribution in [0, 0.1) is 23.2 Å². The maximum Gasteiger partial charge on any atom is 0.287 e. The molecule has 5 aliphatic rings. The second kappa shape index (κ2) is 7.12. The Balaban J connectivity index is 1.28. The van der Waals surface area contributed by atoms with Crippen LogP contribution in [0.15, 0.2) is 21.6 Å². The van der Waals surface area contributed by atoms with Gasteiger partial charge in [-0.15, -0.1) is 0 Å². The normalized spacial score (nSPS) is 35.6. The second-order valence-corrected chi connectivity index (χ2v) is 11.9. The summed E-state index contributed by atoms with van der Waals surface area (Å²) < 4.78 is 32.6. The first-order valence-corrected chi connectivity index (χ1v) is 12.7. The maximum absolute atomic E-state index is 12.9. The molecule has 4 saturated carbocycles. The van der Waals surface area contributed by atoms with E-state index in [-0.39, 0.29) is 28.2 Å². The van der Waals surface area contributed by atoms with Gasteiger partial charge in [-0.05, 0) is 93.6 Å². The van der Waals surface area contributed by atoms with Gasteiger partial charge >= 0.3 is 0 Å². The van der Waals surface area contributed by atoms with E-state index in [1.807, 2.05) is 0 Å². The number of amides is 1. The van der Waals surface area contributed by atoms with Crippen molar-refractivity contribution >= 4 is 15.9 Å². The molecule has 5 fully saturated rings. The van der Waals surface area contributed by atoms with Crippen LogP contribution in [0.5, 0.6) is 0 Å². The minimum Gasteiger partial charge on any atom is -0.438 e. The van der Waals surface area contributed by atoms with Gasteiger partial charge in [0.1, 0.15) is 0 Å². The van der Waals surface area contributed by atoms with E-state index in [4.69, 9.17) is 4.42 Å². The van der Waals surface area contributed by atoms with Crippen molar-refractivity contribution in [2.45, 2.75) is 75.8 Å². The van der Waals surface area contributed by atoms with E-state index in [0.717, 1.165) is 37.0 Å². The Morgan fingerprint density at radius 3 is 2.24 bits per heavy atom. The fourth-order valence-electron chi connectivity index (χ4n) is 6.94. The van der Waals surface area contributed by atoms with Gasteiger partial charge in [0.15, 0.2) is 5.76 Å². The summed E-state index contributed by atoms with van der Waals surface area (Å²) in [6.07, 6.45) is 10.6. The van der Waals surface area contributed by atoms with Crippen LogP contribution in [0.2, 0.25) is 0 Å². The van der Waals surface area contributed by atoms with Crippen LogP contribution in [0.1, 0.15) is 75.3 Å². The number of piperidine rings is 1. The lowest BCUT2D eigenvalue weighted by molar-refractivity contribution is -0.0689. The summed E-state index contributed by atoms with van der Waals surface area (Å²) in [5, 5.41) is 3.04. The third-order valence-electron chi connectivity index (χ3n) is 8.07. The Morgan fingerprint density at radius 1 is 1.07 bits per heavy atom. The molecule has 1 amide bonds. The summed E-state index contributed by atoms with van der Waals surface area (Å²) in [5.74, 6) is 2.27. The van der Waals surface area contributed by atoms with Gasteiger partial charge in [-0.25, -0.2) is 8.42 Å². The fraction of sp³-hybridized carbons (Fsp3) is 0.773. The first kappa shape index (κ1) is 19.6. The molecule has 0 aromatic carbocycles. The van der Waals surface area contributed by atoms with E-state index < -0.39 is 10.0 Å². The molecule has 7 heteroatoms. The van der Waals surface area contributed by atoms with Gasteiger partial charge in [0.25, 0.3) is 15.9 Å². The average Bonchev–Trinajstić information content (AvgIpc) is 3.19. The summed E-state index contributed by atoms with van der Waals surface area (Å²) in [6.45, 7) is 3.17. The van der Waals surface area contributed by atoms with E-state index in [1.54, 1.807) is 0 Å². The first-order valence-electron chi connectivity index (χ1n) is 11.3. The Kier molecular flexibility index (Phi) is 4.81. The minimum atomic E-state index is -3.65. The molecule has 0 spiro atoms. The highest BCUT2D eigenvalue weighted by Gasteiger charge is 2.53. The highest BCUT2D eigenvalue weighted by molar-refractivity contribution is 7.89. The molecule has 1 N–H and O–H groups in total. The summed E-state index contributed by atoms with van der Waals surface area (Å²) in [7, 11) is -3.65. The number of furan rings is 1. The molecule has 4 bridgehead atoms. The molecule has 6 rings (SSSR count). The van der Waals surface area contributed by atoms with Gasteiger partial charge < -0.3 is 9.73 Å². The number of carbonyl (C=O) groups is 1. The molecule has 1 saturated heterocycles. The topological polar surface area (TPSA) is 79.6 Å². The van der Waals surface area contributed by atoms with Crippen molar-refractivity contribution in [3.05, 3.63) is 17.9 Å². The molecular weight excluding hydrogens is 388 g/mol. The van der Waals surface area contributed by atoms with Gasteiger partial charge in [0.2, 0.25) is 5.09 Å². The Morgan fingerprint density at radius 2 is 1.66 bits per heavy atom. The van der Waals surface area contributed by atoms with Crippen LogP contribution in [0.25, 0.3) is 0 Å². The SMILES string of the molecule is CC(NC(=O)c1ccc(S(=O)(=O)N2CCCCC2)o1)C12CC3CC(CC(C3)C1)C2. The van der Waals surface area contributed by atoms with Crippen LogP contribution in [0.4, 0.5) is 0 Å². The molecule has 1 atom stereocenters. The summed E-state index contributed by atoms with van der Waals surface area (Å²) >= 11 is 0. The molecule has 1 aliphatic heterocycles. The Bertz CT molecular complexity index is 849. The zero-order valence-electron chi connectivity index (χ0n) is 17.2. The van der Waals surface area contributed by atoms with Crippen molar-refractivity contribution in [1.29, 1.82) is 0 Å². The van der Waals surface area contributed by atoms with Crippen molar-refractivity contribution in [3.63, 3.8) is 0 Å². The first-order chi connectivity index (χ1) is 13.9. The van der Waals surface area contributed by atoms with Crippen LogP contribution in [-0.4, -0.2) is 37.8 Å². The van der Waals surface area contributed by atoms with Gasteiger partial charge in [-0.3, -0.25) is 4.79 Å². The molecule has 4 aliphatic carbocycles. The van der Waals surface area contributed by atoms with Crippen molar-refractivity contribution in [3.8, 4) is 0 Å². The predicted molar refractivity (Wildman–Crippen MR) is 109 cm³/mol. The molecule has 1 aromatic heterocycles. The van der Waals surface area contributed by atoms with Crippen LogP contribution < -0.4 is 5.32 Å². The molecule has 0 radical (unpaired) electrons. The van der Waals surface area contributed by atoms with Crippen LogP contribution in [0.3, 0.4) is 0 Å². The number of hydrogen-bond acceptors (Lipinski definition) is 4. The monoisotopic (exact) mass is 420 g/mol. The fourth-order valence-corrected chi connectivity index (χ4v) is 8.37. The van der Waals surface area contributed by atoms with Gasteiger partial charge in [-0.2, -0.15) is 4.31 Å². The number of nitrogens with one attached hydrogen (secondary N) is 1. The Hall–Kier alpha value is -1.34. The largest absolute Gasteiger partial charge is 0.438 e. The maximum atomic E-state index is 12.9. The van der Waals surface area contributed by atoms with Crippen molar-refractivity contribution < 1.29 is 17.6 Å². The molecule has 1 aromatic rings. The van der Waals surface area contributed by atoms with Crippen molar-refractivity contribution in [2.75, 3.05) is 13.1 Å². The minimum absolute atomic E-state index is 0.0793. The van der Waals surface area contributed by atoms with E-state index in [2.05, 4.69) is 12.2 Å².